The highest BCUT2D eigenvalue weighted by Crippen LogP contribution is 2.24. The maximum atomic E-state index is 13.1. The van der Waals surface area contributed by atoms with Crippen LogP contribution < -0.4 is 9.62 Å². The molecule has 0 atom stereocenters. The highest BCUT2D eigenvalue weighted by Gasteiger charge is 2.22. The molecule has 0 bridgehead atoms. The summed E-state index contributed by atoms with van der Waals surface area (Å²) in [4.78, 5) is 13.0. The van der Waals surface area contributed by atoms with Gasteiger partial charge in [-0.05, 0) is 49.4 Å². The first-order chi connectivity index (χ1) is 15.4. The number of carbonyl (C=O) groups excluding carboxylic acids is 1. The number of para-hydroxylation sites is 2. The smallest absolute Gasteiger partial charge is 0.264 e. The zero-order chi connectivity index (χ0) is 22.7. The van der Waals surface area contributed by atoms with Crippen molar-refractivity contribution in [2.75, 3.05) is 16.7 Å². The van der Waals surface area contributed by atoms with Crippen LogP contribution in [0, 0.1) is 6.92 Å². The lowest BCUT2D eigenvalue weighted by atomic mass is 10.2. The fourth-order valence-electron chi connectivity index (χ4n) is 3.16. The van der Waals surface area contributed by atoms with E-state index >= 15 is 0 Å². The summed E-state index contributed by atoms with van der Waals surface area (Å²) in [5.74, 6) is -0.437. The number of aromatic nitrogens is 3. The molecule has 0 spiro atoms. The first kappa shape index (κ1) is 21.3. The van der Waals surface area contributed by atoms with Gasteiger partial charge in [0.1, 0.15) is 0 Å². The van der Waals surface area contributed by atoms with Crippen molar-refractivity contribution in [1.29, 1.82) is 0 Å². The van der Waals surface area contributed by atoms with Gasteiger partial charge < -0.3 is 5.32 Å². The number of carbonyl (C=O) groups is 1. The summed E-state index contributed by atoms with van der Waals surface area (Å²) in [7, 11) is -2.36. The highest BCUT2D eigenvalue weighted by molar-refractivity contribution is 7.92. The zero-order valence-corrected chi connectivity index (χ0v) is 18.3. The Bertz CT molecular complexity index is 1350. The third kappa shape index (κ3) is 4.23. The van der Waals surface area contributed by atoms with Crippen LogP contribution in [0.4, 0.5) is 11.4 Å². The van der Waals surface area contributed by atoms with Crippen LogP contribution >= 0.6 is 0 Å². The van der Waals surface area contributed by atoms with Gasteiger partial charge in [0.05, 0.1) is 34.4 Å². The summed E-state index contributed by atoms with van der Waals surface area (Å²) in [6.45, 7) is 1.93. The lowest BCUT2D eigenvalue weighted by molar-refractivity contribution is 0.102. The monoisotopic (exact) mass is 447 g/mol. The molecular weight excluding hydrogens is 426 g/mol. The van der Waals surface area contributed by atoms with E-state index in [9.17, 15) is 13.2 Å². The van der Waals surface area contributed by atoms with Crippen LogP contribution in [0.1, 0.15) is 15.9 Å². The van der Waals surface area contributed by atoms with Crippen molar-refractivity contribution >= 4 is 27.3 Å². The van der Waals surface area contributed by atoms with Crippen molar-refractivity contribution in [2.45, 2.75) is 11.8 Å². The maximum Gasteiger partial charge on any atom is 0.264 e. The molecular formula is C23H21N5O3S. The molecule has 4 aromatic rings. The van der Waals surface area contributed by atoms with Gasteiger partial charge in [0.25, 0.3) is 15.9 Å². The van der Waals surface area contributed by atoms with Gasteiger partial charge in [0.2, 0.25) is 0 Å². The van der Waals surface area contributed by atoms with E-state index in [4.69, 9.17) is 0 Å². The molecule has 9 heteroatoms. The third-order valence-corrected chi connectivity index (χ3v) is 6.76. The molecule has 0 fully saturated rings. The van der Waals surface area contributed by atoms with Crippen molar-refractivity contribution in [2.24, 2.45) is 0 Å². The summed E-state index contributed by atoms with van der Waals surface area (Å²) in [5.41, 5.74) is 2.95. The quantitative estimate of drug-likeness (QED) is 0.487. The number of nitrogens with zero attached hydrogens (tertiary/aromatic N) is 4. The Balaban J connectivity index is 1.61. The Labute approximate surface area is 186 Å². The largest absolute Gasteiger partial charge is 0.320 e. The minimum atomic E-state index is -3.85. The van der Waals surface area contributed by atoms with Gasteiger partial charge in [0.15, 0.2) is 0 Å². The minimum absolute atomic E-state index is 0.0257. The molecule has 0 radical (unpaired) electrons. The van der Waals surface area contributed by atoms with Crippen LogP contribution in [0.2, 0.25) is 0 Å². The predicted molar refractivity (Wildman–Crippen MR) is 123 cm³/mol. The zero-order valence-electron chi connectivity index (χ0n) is 17.5. The fourth-order valence-corrected chi connectivity index (χ4v) is 4.40. The SMILES string of the molecule is Cc1ccc(N(C)S(=O)(=O)c2cccc(C(=O)Nc3ccccc3-n3ccnn3)c2)cc1. The van der Waals surface area contributed by atoms with Crippen LogP contribution in [0.3, 0.4) is 0 Å². The van der Waals surface area contributed by atoms with Crippen molar-refractivity contribution in [1.82, 2.24) is 15.0 Å². The average molecular weight is 448 g/mol. The lowest BCUT2D eigenvalue weighted by Crippen LogP contribution is -2.27. The molecule has 32 heavy (non-hydrogen) atoms. The first-order valence-electron chi connectivity index (χ1n) is 9.79. The molecule has 1 aromatic heterocycles. The molecule has 0 aliphatic rings. The standard InChI is InChI=1S/C23H21N5O3S/c1-17-10-12-19(13-11-17)27(2)32(30,31)20-7-5-6-18(16-20)23(29)25-21-8-3-4-9-22(21)28-15-14-24-26-28/h3-16H,1-2H3,(H,25,29). The molecule has 1 heterocycles. The second kappa shape index (κ2) is 8.64. The van der Waals surface area contributed by atoms with Crippen LogP contribution in [0.15, 0.2) is 90.1 Å². The topological polar surface area (TPSA) is 97.2 Å². The van der Waals surface area contributed by atoms with E-state index < -0.39 is 15.9 Å². The normalized spacial score (nSPS) is 11.2. The van der Waals surface area contributed by atoms with Crippen LogP contribution in [-0.2, 0) is 10.0 Å². The molecule has 162 valence electrons. The number of aryl methyl sites for hydroxylation is 1. The van der Waals surface area contributed by atoms with Crippen LogP contribution in [0.25, 0.3) is 5.69 Å². The van der Waals surface area contributed by atoms with Gasteiger partial charge in [-0.3, -0.25) is 9.10 Å². The molecule has 3 aromatic carbocycles. The Hall–Kier alpha value is -3.98. The van der Waals surface area contributed by atoms with E-state index in [1.807, 2.05) is 25.1 Å². The summed E-state index contributed by atoms with van der Waals surface area (Å²) in [6, 6.07) is 20.3. The van der Waals surface area contributed by atoms with E-state index in [1.165, 1.54) is 34.4 Å². The number of anilines is 2. The number of hydrogen-bond acceptors (Lipinski definition) is 5. The number of rotatable bonds is 6. The van der Waals surface area contributed by atoms with Gasteiger partial charge in [0, 0.05) is 12.6 Å². The molecule has 0 unspecified atom stereocenters. The molecule has 8 nitrogen and oxygen atoms in total. The summed E-state index contributed by atoms with van der Waals surface area (Å²) in [6.07, 6.45) is 3.20. The van der Waals surface area contributed by atoms with Gasteiger partial charge in [-0.15, -0.1) is 5.10 Å². The Morgan fingerprint density at radius 3 is 2.47 bits per heavy atom. The van der Waals surface area contributed by atoms with Crippen LogP contribution in [0.5, 0.6) is 0 Å². The van der Waals surface area contributed by atoms with Gasteiger partial charge in [-0.25, -0.2) is 13.1 Å². The van der Waals surface area contributed by atoms with Crippen LogP contribution in [-0.4, -0.2) is 36.4 Å². The molecule has 0 aliphatic heterocycles. The maximum absolute atomic E-state index is 13.1. The fraction of sp³-hybridized carbons (Fsp3) is 0.0870. The number of hydrogen-bond donors (Lipinski definition) is 1. The Kier molecular flexibility index (Phi) is 5.74. The van der Waals surface area contributed by atoms with E-state index in [-0.39, 0.29) is 10.5 Å². The second-order valence-electron chi connectivity index (χ2n) is 7.15. The van der Waals surface area contributed by atoms with Gasteiger partial charge >= 0.3 is 0 Å². The van der Waals surface area contributed by atoms with Crippen molar-refractivity contribution in [3.63, 3.8) is 0 Å². The lowest BCUT2D eigenvalue weighted by Gasteiger charge is -2.20. The van der Waals surface area contributed by atoms with E-state index in [1.54, 1.807) is 48.7 Å². The first-order valence-corrected chi connectivity index (χ1v) is 11.2. The van der Waals surface area contributed by atoms with Gasteiger partial charge in [-0.1, -0.05) is 41.1 Å². The molecule has 1 N–H and O–H groups in total. The van der Waals surface area contributed by atoms with E-state index in [0.29, 0.717) is 17.1 Å². The summed E-state index contributed by atoms with van der Waals surface area (Å²) < 4.78 is 29.0. The number of amides is 1. The molecule has 1 amide bonds. The van der Waals surface area contributed by atoms with Crippen molar-refractivity contribution in [3.05, 3.63) is 96.3 Å². The van der Waals surface area contributed by atoms with Gasteiger partial charge in [-0.2, -0.15) is 0 Å². The molecule has 0 saturated heterocycles. The predicted octanol–water partition coefficient (Wildman–Crippen LogP) is 3.65. The molecule has 4 rings (SSSR count). The average Bonchev–Trinajstić information content (AvgIpc) is 3.34. The minimum Gasteiger partial charge on any atom is -0.320 e. The number of benzene rings is 3. The molecule has 0 aliphatic carbocycles. The highest BCUT2D eigenvalue weighted by atomic mass is 32.2. The van der Waals surface area contributed by atoms with E-state index in [0.717, 1.165) is 5.56 Å². The van der Waals surface area contributed by atoms with Crippen molar-refractivity contribution < 1.29 is 13.2 Å². The Morgan fingerprint density at radius 2 is 1.75 bits per heavy atom. The second-order valence-corrected chi connectivity index (χ2v) is 9.12. The molecule has 0 saturated carbocycles. The van der Waals surface area contributed by atoms with Crippen molar-refractivity contribution in [3.8, 4) is 5.69 Å². The summed E-state index contributed by atoms with van der Waals surface area (Å²) in [5, 5.41) is 10.6. The number of nitrogens with one attached hydrogen (secondary N) is 1. The summed E-state index contributed by atoms with van der Waals surface area (Å²) >= 11 is 0. The van der Waals surface area contributed by atoms with E-state index in [2.05, 4.69) is 15.6 Å². The third-order valence-electron chi connectivity index (χ3n) is 4.97. The number of sulfonamides is 1. The Morgan fingerprint density at radius 1 is 1.00 bits per heavy atom.